The van der Waals surface area contributed by atoms with Crippen LogP contribution < -0.4 is 9.64 Å². The first kappa shape index (κ1) is 18.9. The molecule has 0 radical (unpaired) electrons. The lowest BCUT2D eigenvalue weighted by atomic mass is 10.2. The van der Waals surface area contributed by atoms with Gasteiger partial charge in [-0.15, -0.1) is 0 Å². The van der Waals surface area contributed by atoms with Crippen molar-refractivity contribution in [3.63, 3.8) is 0 Å². The molecule has 8 nitrogen and oxygen atoms in total. The Kier molecular flexibility index (Phi) is 5.41. The normalized spacial score (nSPS) is 14.1. The van der Waals surface area contributed by atoms with E-state index in [0.717, 1.165) is 41.9 Å². The number of aryl methyl sites for hydroxylation is 2. The number of benzene rings is 1. The van der Waals surface area contributed by atoms with Crippen LogP contribution in [0.15, 0.2) is 49.1 Å². The van der Waals surface area contributed by atoms with Crippen LogP contribution in [0.1, 0.15) is 11.4 Å². The van der Waals surface area contributed by atoms with E-state index in [-0.39, 0.29) is 12.5 Å². The minimum atomic E-state index is 0.00493. The predicted molar refractivity (Wildman–Crippen MR) is 109 cm³/mol. The highest BCUT2D eigenvalue weighted by Gasteiger charge is 2.22. The molecule has 0 N–H and O–H groups in total. The van der Waals surface area contributed by atoms with Gasteiger partial charge < -0.3 is 14.5 Å². The molecule has 0 saturated carbocycles. The Morgan fingerprint density at radius 2 is 1.79 bits per heavy atom. The van der Waals surface area contributed by atoms with Crippen molar-refractivity contribution in [1.29, 1.82) is 0 Å². The Balaban J connectivity index is 1.34. The molecule has 29 heavy (non-hydrogen) atoms. The molecular formula is C21H24N6O2. The van der Waals surface area contributed by atoms with Gasteiger partial charge >= 0.3 is 0 Å². The summed E-state index contributed by atoms with van der Waals surface area (Å²) >= 11 is 0. The van der Waals surface area contributed by atoms with E-state index < -0.39 is 0 Å². The van der Waals surface area contributed by atoms with Gasteiger partial charge in [-0.2, -0.15) is 0 Å². The van der Waals surface area contributed by atoms with E-state index in [0.29, 0.717) is 13.1 Å². The van der Waals surface area contributed by atoms with Crippen LogP contribution in [0.25, 0.3) is 5.82 Å². The maximum absolute atomic E-state index is 12.5. The largest absolute Gasteiger partial charge is 0.484 e. The Bertz CT molecular complexity index is 994. The molecule has 1 fully saturated rings. The Morgan fingerprint density at radius 3 is 2.52 bits per heavy atom. The second kappa shape index (κ2) is 8.30. The van der Waals surface area contributed by atoms with Gasteiger partial charge in [-0.05, 0) is 25.5 Å². The molecule has 0 spiro atoms. The smallest absolute Gasteiger partial charge is 0.260 e. The molecule has 0 unspecified atom stereocenters. The van der Waals surface area contributed by atoms with Gasteiger partial charge in [-0.3, -0.25) is 9.36 Å². The number of anilines is 1. The fourth-order valence-corrected chi connectivity index (χ4v) is 3.40. The number of nitrogens with zero attached hydrogens (tertiary/aromatic N) is 6. The van der Waals surface area contributed by atoms with E-state index in [9.17, 15) is 4.79 Å². The fourth-order valence-electron chi connectivity index (χ4n) is 3.40. The molecule has 3 aromatic rings. The summed E-state index contributed by atoms with van der Waals surface area (Å²) in [5.74, 6) is 3.27. The first-order valence-electron chi connectivity index (χ1n) is 9.65. The van der Waals surface area contributed by atoms with Crippen molar-refractivity contribution in [2.75, 3.05) is 37.7 Å². The van der Waals surface area contributed by atoms with Gasteiger partial charge in [-0.1, -0.05) is 18.2 Å². The van der Waals surface area contributed by atoms with Crippen LogP contribution in [0.5, 0.6) is 5.75 Å². The van der Waals surface area contributed by atoms with E-state index in [4.69, 9.17) is 4.74 Å². The number of amides is 1. The number of hydrogen-bond donors (Lipinski definition) is 0. The lowest BCUT2D eigenvalue weighted by Crippen LogP contribution is -2.50. The minimum Gasteiger partial charge on any atom is -0.484 e. The molecule has 150 valence electrons. The zero-order valence-corrected chi connectivity index (χ0v) is 16.7. The third-order valence-corrected chi connectivity index (χ3v) is 5.11. The molecule has 3 heterocycles. The van der Waals surface area contributed by atoms with Crippen molar-refractivity contribution in [1.82, 2.24) is 24.4 Å². The zero-order chi connectivity index (χ0) is 20.2. The first-order chi connectivity index (χ1) is 14.1. The number of ether oxygens (including phenoxy) is 1. The number of aromatic nitrogens is 4. The summed E-state index contributed by atoms with van der Waals surface area (Å²) in [6, 6.07) is 9.67. The SMILES string of the molecule is Cc1ccccc1OCC(=O)N1CCN(c2cc(-n3ccnc3C)ncn2)CC1. The Hall–Kier alpha value is -3.42. The van der Waals surface area contributed by atoms with E-state index in [1.54, 1.807) is 12.5 Å². The fraction of sp³-hybridized carbons (Fsp3) is 0.333. The molecule has 1 saturated heterocycles. The minimum absolute atomic E-state index is 0.00493. The highest BCUT2D eigenvalue weighted by Crippen LogP contribution is 2.18. The number of piperazine rings is 1. The van der Waals surface area contributed by atoms with Crippen molar-refractivity contribution in [3.05, 3.63) is 60.4 Å². The lowest BCUT2D eigenvalue weighted by Gasteiger charge is -2.35. The van der Waals surface area contributed by atoms with Crippen LogP contribution in [0, 0.1) is 13.8 Å². The molecule has 1 aliphatic heterocycles. The summed E-state index contributed by atoms with van der Waals surface area (Å²) in [4.78, 5) is 29.5. The summed E-state index contributed by atoms with van der Waals surface area (Å²) in [7, 11) is 0. The summed E-state index contributed by atoms with van der Waals surface area (Å²) < 4.78 is 7.62. The second-order valence-electron chi connectivity index (χ2n) is 7.00. The molecular weight excluding hydrogens is 368 g/mol. The van der Waals surface area contributed by atoms with E-state index >= 15 is 0 Å². The molecule has 4 rings (SSSR count). The lowest BCUT2D eigenvalue weighted by molar-refractivity contribution is -0.133. The van der Waals surface area contributed by atoms with E-state index in [1.165, 1.54) is 0 Å². The predicted octanol–water partition coefficient (Wildman–Crippen LogP) is 2.01. The molecule has 1 aromatic carbocycles. The Labute approximate surface area is 169 Å². The molecule has 2 aromatic heterocycles. The van der Waals surface area contributed by atoms with Gasteiger partial charge in [-0.25, -0.2) is 15.0 Å². The average Bonchev–Trinajstić information content (AvgIpc) is 3.19. The van der Waals surface area contributed by atoms with Crippen LogP contribution >= 0.6 is 0 Å². The molecule has 0 atom stereocenters. The van der Waals surface area contributed by atoms with Crippen molar-refractivity contribution in [2.24, 2.45) is 0 Å². The van der Waals surface area contributed by atoms with Crippen LogP contribution in [0.2, 0.25) is 0 Å². The van der Waals surface area contributed by atoms with Crippen LogP contribution in [-0.2, 0) is 4.79 Å². The van der Waals surface area contributed by atoms with Crippen molar-refractivity contribution < 1.29 is 9.53 Å². The number of carbonyl (C=O) groups excluding carboxylic acids is 1. The molecule has 1 aliphatic rings. The first-order valence-corrected chi connectivity index (χ1v) is 9.65. The van der Waals surface area contributed by atoms with Crippen LogP contribution in [-0.4, -0.2) is 63.1 Å². The van der Waals surface area contributed by atoms with E-state index in [1.807, 2.05) is 59.8 Å². The van der Waals surface area contributed by atoms with Gasteiger partial charge in [0.15, 0.2) is 6.61 Å². The van der Waals surface area contributed by atoms with Crippen molar-refractivity contribution >= 4 is 11.7 Å². The summed E-state index contributed by atoms with van der Waals surface area (Å²) in [5.41, 5.74) is 1.03. The second-order valence-corrected chi connectivity index (χ2v) is 7.00. The van der Waals surface area contributed by atoms with Crippen LogP contribution in [0.3, 0.4) is 0 Å². The maximum Gasteiger partial charge on any atom is 0.260 e. The van der Waals surface area contributed by atoms with Crippen molar-refractivity contribution in [3.8, 4) is 11.6 Å². The number of imidazole rings is 1. The third-order valence-electron chi connectivity index (χ3n) is 5.11. The number of rotatable bonds is 5. The standard InChI is InChI=1S/C21H24N6O2/c1-16-5-3-4-6-18(16)29-14-21(28)26-11-9-25(10-12-26)19-13-20(24-15-23-19)27-8-7-22-17(27)2/h3-8,13,15H,9-12,14H2,1-2H3. The molecule has 0 aliphatic carbocycles. The third kappa shape index (κ3) is 4.21. The average molecular weight is 392 g/mol. The van der Waals surface area contributed by atoms with Gasteiger partial charge in [0.2, 0.25) is 0 Å². The highest BCUT2D eigenvalue weighted by atomic mass is 16.5. The number of para-hydroxylation sites is 1. The summed E-state index contributed by atoms with van der Waals surface area (Å²) in [6.07, 6.45) is 5.20. The maximum atomic E-state index is 12.5. The zero-order valence-electron chi connectivity index (χ0n) is 16.7. The van der Waals surface area contributed by atoms with Gasteiger partial charge in [0, 0.05) is 44.6 Å². The Morgan fingerprint density at radius 1 is 1.03 bits per heavy atom. The molecule has 0 bridgehead atoms. The molecule has 8 heteroatoms. The molecule has 1 amide bonds. The van der Waals surface area contributed by atoms with Crippen LogP contribution in [0.4, 0.5) is 5.82 Å². The van der Waals surface area contributed by atoms with Gasteiger partial charge in [0.1, 0.15) is 29.5 Å². The van der Waals surface area contributed by atoms with E-state index in [2.05, 4.69) is 19.9 Å². The quantitative estimate of drug-likeness (QED) is 0.661. The number of carbonyl (C=O) groups is 1. The summed E-state index contributed by atoms with van der Waals surface area (Å²) in [5, 5.41) is 0. The van der Waals surface area contributed by atoms with Gasteiger partial charge in [0.05, 0.1) is 0 Å². The topological polar surface area (TPSA) is 76.4 Å². The van der Waals surface area contributed by atoms with Crippen molar-refractivity contribution in [2.45, 2.75) is 13.8 Å². The summed E-state index contributed by atoms with van der Waals surface area (Å²) in [6.45, 7) is 6.68. The number of hydrogen-bond acceptors (Lipinski definition) is 6. The monoisotopic (exact) mass is 392 g/mol. The van der Waals surface area contributed by atoms with Gasteiger partial charge in [0.25, 0.3) is 5.91 Å². The highest BCUT2D eigenvalue weighted by molar-refractivity contribution is 5.78.